The van der Waals surface area contributed by atoms with Gasteiger partial charge in [-0.05, 0) is 49.8 Å². The zero-order chi connectivity index (χ0) is 13.7. The monoisotopic (exact) mass is 259 g/mol. The topological polar surface area (TPSA) is 20.3 Å². The fourth-order valence-electron chi connectivity index (χ4n) is 2.99. The summed E-state index contributed by atoms with van der Waals surface area (Å²) in [7, 11) is 0. The Bertz CT molecular complexity index is 417. The standard InChI is InChI=1S/C17H25NO/c1-3-12-18(4-2)16-7-5-6-15(13-16)14-8-10-17(19)11-9-14/h5-7,13-14H,3-4,8-12H2,1-2H3. The maximum Gasteiger partial charge on any atom is 0.132 e. The largest absolute Gasteiger partial charge is 0.372 e. The maximum atomic E-state index is 11.3. The van der Waals surface area contributed by atoms with Crippen molar-refractivity contribution in [3.05, 3.63) is 29.8 Å². The summed E-state index contributed by atoms with van der Waals surface area (Å²) in [5, 5.41) is 0. The smallest absolute Gasteiger partial charge is 0.132 e. The molecular formula is C17H25NO. The highest BCUT2D eigenvalue weighted by Crippen LogP contribution is 2.32. The SMILES string of the molecule is CCCN(CC)c1cccc(C2CCC(=O)CC2)c1. The first kappa shape index (κ1) is 14.1. The first-order chi connectivity index (χ1) is 9.24. The second-order valence-corrected chi connectivity index (χ2v) is 5.49. The summed E-state index contributed by atoms with van der Waals surface area (Å²) in [5.74, 6) is 1.02. The molecule has 0 N–H and O–H groups in total. The fraction of sp³-hybridized carbons (Fsp3) is 0.588. The minimum atomic E-state index is 0.438. The molecule has 0 aliphatic heterocycles. The molecule has 1 aliphatic carbocycles. The predicted molar refractivity (Wildman–Crippen MR) is 80.8 cm³/mol. The molecule has 0 amide bonds. The number of rotatable bonds is 5. The molecule has 2 rings (SSSR count). The molecule has 1 aliphatic rings. The van der Waals surface area contributed by atoms with Gasteiger partial charge in [0, 0.05) is 31.6 Å². The summed E-state index contributed by atoms with van der Waals surface area (Å²) in [6, 6.07) is 8.93. The van der Waals surface area contributed by atoms with Crippen molar-refractivity contribution in [2.24, 2.45) is 0 Å². The van der Waals surface area contributed by atoms with Crippen LogP contribution in [0.2, 0.25) is 0 Å². The van der Waals surface area contributed by atoms with Crippen molar-refractivity contribution >= 4 is 11.5 Å². The van der Waals surface area contributed by atoms with Crippen molar-refractivity contribution in [3.8, 4) is 0 Å². The molecule has 1 aromatic carbocycles. The van der Waals surface area contributed by atoms with Crippen LogP contribution in [-0.2, 0) is 4.79 Å². The zero-order valence-corrected chi connectivity index (χ0v) is 12.2. The van der Waals surface area contributed by atoms with Crippen LogP contribution in [0, 0.1) is 0 Å². The van der Waals surface area contributed by atoms with Gasteiger partial charge in [0.25, 0.3) is 0 Å². The maximum absolute atomic E-state index is 11.3. The average Bonchev–Trinajstić information content (AvgIpc) is 2.45. The van der Waals surface area contributed by atoms with Crippen molar-refractivity contribution in [1.29, 1.82) is 0 Å². The molecule has 1 fully saturated rings. The van der Waals surface area contributed by atoms with Gasteiger partial charge in [0.1, 0.15) is 5.78 Å². The molecule has 2 nitrogen and oxygen atoms in total. The summed E-state index contributed by atoms with van der Waals surface area (Å²) in [4.78, 5) is 13.8. The number of Topliss-reactive ketones (excluding diaryl/α,β-unsaturated/α-hetero) is 1. The van der Waals surface area contributed by atoms with E-state index in [9.17, 15) is 4.79 Å². The number of anilines is 1. The van der Waals surface area contributed by atoms with Gasteiger partial charge in [-0.25, -0.2) is 0 Å². The van der Waals surface area contributed by atoms with Gasteiger partial charge in [0.05, 0.1) is 0 Å². The van der Waals surface area contributed by atoms with Gasteiger partial charge in [-0.3, -0.25) is 4.79 Å². The first-order valence-corrected chi connectivity index (χ1v) is 7.61. The number of carbonyl (C=O) groups is 1. The molecule has 0 aromatic heterocycles. The third-order valence-electron chi connectivity index (χ3n) is 4.13. The summed E-state index contributed by atoms with van der Waals surface area (Å²) in [5.41, 5.74) is 2.75. The highest BCUT2D eigenvalue weighted by atomic mass is 16.1. The molecule has 0 bridgehead atoms. The lowest BCUT2D eigenvalue weighted by molar-refractivity contribution is -0.120. The Morgan fingerprint density at radius 3 is 2.58 bits per heavy atom. The van der Waals surface area contributed by atoms with E-state index in [0.717, 1.165) is 38.8 Å². The van der Waals surface area contributed by atoms with Gasteiger partial charge >= 0.3 is 0 Å². The summed E-state index contributed by atoms with van der Waals surface area (Å²) in [6.07, 6.45) is 4.77. The molecular weight excluding hydrogens is 234 g/mol. The van der Waals surface area contributed by atoms with Crippen molar-refractivity contribution in [1.82, 2.24) is 0 Å². The minimum Gasteiger partial charge on any atom is -0.372 e. The van der Waals surface area contributed by atoms with Gasteiger partial charge in [0.15, 0.2) is 0 Å². The Balaban J connectivity index is 2.12. The van der Waals surface area contributed by atoms with E-state index in [1.54, 1.807) is 0 Å². The lowest BCUT2D eigenvalue weighted by Gasteiger charge is -2.26. The summed E-state index contributed by atoms with van der Waals surface area (Å²) >= 11 is 0. The van der Waals surface area contributed by atoms with E-state index in [4.69, 9.17) is 0 Å². The molecule has 1 saturated carbocycles. The van der Waals surface area contributed by atoms with E-state index in [-0.39, 0.29) is 0 Å². The Morgan fingerprint density at radius 1 is 1.21 bits per heavy atom. The van der Waals surface area contributed by atoms with Crippen LogP contribution in [0.25, 0.3) is 0 Å². The Morgan fingerprint density at radius 2 is 1.95 bits per heavy atom. The van der Waals surface area contributed by atoms with E-state index >= 15 is 0 Å². The molecule has 2 heteroatoms. The first-order valence-electron chi connectivity index (χ1n) is 7.61. The van der Waals surface area contributed by atoms with Crippen molar-refractivity contribution < 1.29 is 4.79 Å². The number of hydrogen-bond donors (Lipinski definition) is 0. The zero-order valence-electron chi connectivity index (χ0n) is 12.2. The van der Waals surface area contributed by atoms with Crippen LogP contribution in [0.3, 0.4) is 0 Å². The third-order valence-corrected chi connectivity index (χ3v) is 4.13. The molecule has 0 spiro atoms. The van der Waals surface area contributed by atoms with E-state index in [1.165, 1.54) is 17.7 Å². The lowest BCUT2D eigenvalue weighted by atomic mass is 9.83. The quantitative estimate of drug-likeness (QED) is 0.791. The fourth-order valence-corrected chi connectivity index (χ4v) is 2.99. The molecule has 0 unspecified atom stereocenters. The number of ketones is 1. The molecule has 0 atom stereocenters. The van der Waals surface area contributed by atoms with E-state index < -0.39 is 0 Å². The number of benzene rings is 1. The van der Waals surface area contributed by atoms with Gasteiger partial charge in [0.2, 0.25) is 0 Å². The highest BCUT2D eigenvalue weighted by Gasteiger charge is 2.20. The van der Waals surface area contributed by atoms with Crippen LogP contribution in [-0.4, -0.2) is 18.9 Å². The van der Waals surface area contributed by atoms with E-state index in [2.05, 4.69) is 43.0 Å². The van der Waals surface area contributed by atoms with Gasteiger partial charge in [-0.15, -0.1) is 0 Å². The number of nitrogens with zero attached hydrogens (tertiary/aromatic N) is 1. The van der Waals surface area contributed by atoms with Gasteiger partial charge in [-0.2, -0.15) is 0 Å². The van der Waals surface area contributed by atoms with Crippen LogP contribution >= 0.6 is 0 Å². The van der Waals surface area contributed by atoms with Crippen LogP contribution in [0.1, 0.15) is 57.4 Å². The van der Waals surface area contributed by atoms with E-state index in [0.29, 0.717) is 11.7 Å². The average molecular weight is 259 g/mol. The molecule has 1 aromatic rings. The molecule has 0 saturated heterocycles. The van der Waals surface area contributed by atoms with Gasteiger partial charge < -0.3 is 4.90 Å². The van der Waals surface area contributed by atoms with Crippen molar-refractivity contribution in [2.45, 2.75) is 51.9 Å². The second kappa shape index (κ2) is 6.74. The molecule has 104 valence electrons. The predicted octanol–water partition coefficient (Wildman–Crippen LogP) is 4.15. The molecule has 0 radical (unpaired) electrons. The molecule has 0 heterocycles. The number of hydrogen-bond acceptors (Lipinski definition) is 2. The summed E-state index contributed by atoms with van der Waals surface area (Å²) in [6.45, 7) is 6.60. The highest BCUT2D eigenvalue weighted by molar-refractivity contribution is 5.79. The summed E-state index contributed by atoms with van der Waals surface area (Å²) < 4.78 is 0. The molecule has 19 heavy (non-hydrogen) atoms. The van der Waals surface area contributed by atoms with Crippen LogP contribution in [0.15, 0.2) is 24.3 Å². The third kappa shape index (κ3) is 3.59. The van der Waals surface area contributed by atoms with Crippen molar-refractivity contribution in [3.63, 3.8) is 0 Å². The van der Waals surface area contributed by atoms with Crippen LogP contribution < -0.4 is 4.90 Å². The Hall–Kier alpha value is -1.31. The number of carbonyl (C=O) groups excluding carboxylic acids is 1. The van der Waals surface area contributed by atoms with Gasteiger partial charge in [-0.1, -0.05) is 19.1 Å². The second-order valence-electron chi connectivity index (χ2n) is 5.49. The normalized spacial score (nSPS) is 16.6. The van der Waals surface area contributed by atoms with Crippen LogP contribution in [0.5, 0.6) is 0 Å². The Labute approximate surface area is 116 Å². The lowest BCUT2D eigenvalue weighted by Crippen LogP contribution is -2.23. The van der Waals surface area contributed by atoms with E-state index in [1.807, 2.05) is 0 Å². The van der Waals surface area contributed by atoms with Crippen molar-refractivity contribution in [2.75, 3.05) is 18.0 Å². The minimum absolute atomic E-state index is 0.438. The van der Waals surface area contributed by atoms with Crippen LogP contribution in [0.4, 0.5) is 5.69 Å². The Kier molecular flexibility index (Phi) is 5.00.